The molecule has 1 amide bonds. The number of nitrogens with zero attached hydrogens (tertiary/aromatic N) is 1. The first kappa shape index (κ1) is 15.6. The van der Waals surface area contributed by atoms with Crippen LogP contribution in [0, 0.1) is 0 Å². The van der Waals surface area contributed by atoms with Gasteiger partial charge in [-0.05, 0) is 31.0 Å². The van der Waals surface area contributed by atoms with Crippen LogP contribution in [0.3, 0.4) is 0 Å². The zero-order chi connectivity index (χ0) is 15.2. The number of carbonyl (C=O) groups excluding carboxylic acids is 1. The number of aliphatic hydroxyl groups is 1. The molecule has 1 saturated carbocycles. The number of nitrogens with two attached hydrogens (primary N) is 1. The first-order valence-corrected chi connectivity index (χ1v) is 7.22. The molecule has 0 aliphatic heterocycles. The topological polar surface area (TPSA) is 87.8 Å². The lowest BCUT2D eigenvalue weighted by atomic mass is 10.2. The molecule has 1 aromatic carbocycles. The Hall–Kier alpha value is -1.79. The highest BCUT2D eigenvalue weighted by molar-refractivity contribution is 5.93. The summed E-state index contributed by atoms with van der Waals surface area (Å²) < 4.78 is 5.20. The highest BCUT2D eigenvalue weighted by Gasteiger charge is 2.28. The van der Waals surface area contributed by atoms with E-state index in [0.717, 1.165) is 12.8 Å². The summed E-state index contributed by atoms with van der Waals surface area (Å²) in [6.07, 6.45) is 2.70. The van der Waals surface area contributed by atoms with Gasteiger partial charge in [-0.3, -0.25) is 9.69 Å². The van der Waals surface area contributed by atoms with E-state index < -0.39 is 0 Å². The van der Waals surface area contributed by atoms with Crippen LogP contribution in [0.1, 0.15) is 19.3 Å². The number of rotatable bonds is 8. The van der Waals surface area contributed by atoms with Crippen LogP contribution in [0.2, 0.25) is 0 Å². The van der Waals surface area contributed by atoms with Crippen molar-refractivity contribution in [3.63, 3.8) is 0 Å². The summed E-state index contributed by atoms with van der Waals surface area (Å²) in [6, 6.07) is 5.67. The third-order valence-corrected chi connectivity index (χ3v) is 3.57. The number of ether oxygens (including phenoxy) is 1. The molecule has 1 fully saturated rings. The summed E-state index contributed by atoms with van der Waals surface area (Å²) in [5.41, 5.74) is 6.89. The van der Waals surface area contributed by atoms with Crippen molar-refractivity contribution in [2.24, 2.45) is 0 Å². The predicted octanol–water partition coefficient (Wildman–Crippen LogP) is 1.06. The number of benzene rings is 1. The second-order valence-corrected chi connectivity index (χ2v) is 5.25. The standard InChI is InChI=1S/C15H23N3O3/c1-21-14-5-2-11(16)10-13(14)17-15(20)6-7-18(8-9-19)12-3-4-12/h2,5,10,12,19H,3-4,6-9,16H2,1H3,(H,17,20). The third kappa shape index (κ3) is 4.61. The molecule has 1 aliphatic rings. The lowest BCUT2D eigenvalue weighted by Crippen LogP contribution is -2.32. The number of methoxy groups -OCH3 is 1. The maximum absolute atomic E-state index is 12.0. The average Bonchev–Trinajstić information content (AvgIpc) is 3.28. The molecule has 0 heterocycles. The molecule has 116 valence electrons. The molecule has 2 rings (SSSR count). The first-order chi connectivity index (χ1) is 10.1. The fourth-order valence-electron chi connectivity index (χ4n) is 2.33. The van der Waals surface area contributed by atoms with E-state index in [2.05, 4.69) is 10.2 Å². The van der Waals surface area contributed by atoms with Gasteiger partial charge < -0.3 is 20.9 Å². The Morgan fingerprint density at radius 2 is 2.24 bits per heavy atom. The van der Waals surface area contributed by atoms with Gasteiger partial charge in [0.2, 0.25) is 5.91 Å². The number of aliphatic hydroxyl groups excluding tert-OH is 1. The number of nitrogen functional groups attached to an aromatic ring is 1. The Morgan fingerprint density at radius 1 is 1.48 bits per heavy atom. The Kier molecular flexibility index (Phi) is 5.41. The molecule has 1 aliphatic carbocycles. The Balaban J connectivity index is 1.87. The van der Waals surface area contributed by atoms with Gasteiger partial charge in [-0.2, -0.15) is 0 Å². The second kappa shape index (κ2) is 7.28. The van der Waals surface area contributed by atoms with Gasteiger partial charge in [0.25, 0.3) is 0 Å². The first-order valence-electron chi connectivity index (χ1n) is 7.22. The fraction of sp³-hybridized carbons (Fsp3) is 0.533. The number of anilines is 2. The van der Waals surface area contributed by atoms with Gasteiger partial charge in [-0.25, -0.2) is 0 Å². The van der Waals surface area contributed by atoms with Crippen molar-refractivity contribution in [3.8, 4) is 5.75 Å². The van der Waals surface area contributed by atoms with Crippen LogP contribution in [0.4, 0.5) is 11.4 Å². The number of hydrogen-bond donors (Lipinski definition) is 3. The quantitative estimate of drug-likeness (QED) is 0.624. The van der Waals surface area contributed by atoms with Crippen molar-refractivity contribution >= 4 is 17.3 Å². The third-order valence-electron chi connectivity index (χ3n) is 3.57. The highest BCUT2D eigenvalue weighted by Crippen LogP contribution is 2.28. The van der Waals surface area contributed by atoms with Crippen molar-refractivity contribution < 1.29 is 14.6 Å². The van der Waals surface area contributed by atoms with Crippen LogP contribution in [-0.4, -0.2) is 48.8 Å². The van der Waals surface area contributed by atoms with E-state index in [4.69, 9.17) is 15.6 Å². The second-order valence-electron chi connectivity index (χ2n) is 5.25. The van der Waals surface area contributed by atoms with Gasteiger partial charge in [0.15, 0.2) is 0 Å². The van der Waals surface area contributed by atoms with Gasteiger partial charge in [0, 0.05) is 31.2 Å². The van der Waals surface area contributed by atoms with Gasteiger partial charge in [-0.1, -0.05) is 0 Å². The van der Waals surface area contributed by atoms with Gasteiger partial charge in [-0.15, -0.1) is 0 Å². The van der Waals surface area contributed by atoms with Gasteiger partial charge in [0.05, 0.1) is 19.4 Å². The fourth-order valence-corrected chi connectivity index (χ4v) is 2.33. The largest absolute Gasteiger partial charge is 0.495 e. The van der Waals surface area contributed by atoms with Crippen LogP contribution in [0.15, 0.2) is 18.2 Å². The molecule has 4 N–H and O–H groups in total. The molecule has 0 radical (unpaired) electrons. The van der Waals surface area contributed by atoms with Crippen LogP contribution in [0.5, 0.6) is 5.75 Å². The van der Waals surface area contributed by atoms with E-state index in [0.29, 0.717) is 42.7 Å². The van der Waals surface area contributed by atoms with Gasteiger partial charge >= 0.3 is 0 Å². The Labute approximate surface area is 124 Å². The lowest BCUT2D eigenvalue weighted by Gasteiger charge is -2.20. The normalized spacial score (nSPS) is 14.2. The van der Waals surface area contributed by atoms with E-state index in [-0.39, 0.29) is 12.5 Å². The van der Waals surface area contributed by atoms with Crippen molar-refractivity contribution in [1.29, 1.82) is 0 Å². The molecular weight excluding hydrogens is 270 g/mol. The lowest BCUT2D eigenvalue weighted by molar-refractivity contribution is -0.116. The zero-order valence-electron chi connectivity index (χ0n) is 12.3. The Morgan fingerprint density at radius 3 is 2.86 bits per heavy atom. The van der Waals surface area contributed by atoms with Crippen molar-refractivity contribution in [2.45, 2.75) is 25.3 Å². The number of hydrogen-bond acceptors (Lipinski definition) is 5. The number of carbonyl (C=O) groups is 1. The van der Waals surface area contributed by atoms with Crippen molar-refractivity contribution in [2.75, 3.05) is 37.9 Å². The average molecular weight is 293 g/mol. The monoisotopic (exact) mass is 293 g/mol. The SMILES string of the molecule is COc1ccc(N)cc1NC(=O)CCN(CCO)C1CC1. The maximum Gasteiger partial charge on any atom is 0.225 e. The molecule has 0 atom stereocenters. The molecule has 0 aromatic heterocycles. The number of nitrogens with one attached hydrogen (secondary N) is 1. The van der Waals surface area contributed by atoms with Crippen LogP contribution < -0.4 is 15.8 Å². The molecular formula is C15H23N3O3. The van der Waals surface area contributed by atoms with E-state index >= 15 is 0 Å². The van der Waals surface area contributed by atoms with E-state index in [1.54, 1.807) is 25.3 Å². The summed E-state index contributed by atoms with van der Waals surface area (Å²) in [7, 11) is 1.55. The summed E-state index contributed by atoms with van der Waals surface area (Å²) in [4.78, 5) is 14.2. The molecule has 6 nitrogen and oxygen atoms in total. The van der Waals surface area contributed by atoms with Crippen LogP contribution in [-0.2, 0) is 4.79 Å². The zero-order valence-corrected chi connectivity index (χ0v) is 12.3. The molecule has 21 heavy (non-hydrogen) atoms. The molecule has 0 unspecified atom stereocenters. The molecule has 0 spiro atoms. The molecule has 0 bridgehead atoms. The van der Waals surface area contributed by atoms with E-state index in [1.165, 1.54) is 0 Å². The van der Waals surface area contributed by atoms with E-state index in [9.17, 15) is 4.79 Å². The smallest absolute Gasteiger partial charge is 0.225 e. The molecule has 6 heteroatoms. The van der Waals surface area contributed by atoms with Gasteiger partial charge in [0.1, 0.15) is 5.75 Å². The van der Waals surface area contributed by atoms with Crippen LogP contribution in [0.25, 0.3) is 0 Å². The molecule has 0 saturated heterocycles. The summed E-state index contributed by atoms with van der Waals surface area (Å²) in [6.45, 7) is 1.41. The highest BCUT2D eigenvalue weighted by atomic mass is 16.5. The summed E-state index contributed by atoms with van der Waals surface area (Å²) in [5.74, 6) is 0.509. The number of amides is 1. The van der Waals surface area contributed by atoms with Crippen molar-refractivity contribution in [3.05, 3.63) is 18.2 Å². The minimum absolute atomic E-state index is 0.0810. The minimum atomic E-state index is -0.0810. The van der Waals surface area contributed by atoms with E-state index in [1.807, 2.05) is 0 Å². The summed E-state index contributed by atoms with van der Waals surface area (Å²) >= 11 is 0. The molecule has 1 aromatic rings. The Bertz CT molecular complexity index is 489. The van der Waals surface area contributed by atoms with Crippen molar-refractivity contribution in [1.82, 2.24) is 4.90 Å². The summed E-state index contributed by atoms with van der Waals surface area (Å²) in [5, 5.41) is 11.9. The minimum Gasteiger partial charge on any atom is -0.495 e. The maximum atomic E-state index is 12.0. The predicted molar refractivity (Wildman–Crippen MR) is 82.3 cm³/mol. The van der Waals surface area contributed by atoms with Crippen LogP contribution >= 0.6 is 0 Å².